The minimum Gasteiger partial charge on any atom is -0.393 e. The SMILES string of the molecule is CC(C)C(C)C=CC(C)C1CCC23CC24C(O)C2OC25CC(O)CCC5(C)C4CCC13C. The van der Waals surface area contributed by atoms with Crippen molar-refractivity contribution in [3.8, 4) is 0 Å². The number of epoxide rings is 1. The first kappa shape index (κ1) is 22.1. The maximum atomic E-state index is 11.8. The van der Waals surface area contributed by atoms with E-state index in [1.807, 2.05) is 0 Å². The summed E-state index contributed by atoms with van der Waals surface area (Å²) in [5.74, 6) is 3.20. The standard InChI is InChI=1S/C29H46O3/c1-17(2)18(3)7-8-19(4)21-10-14-27-16-28(27)22(11-13-25(21,27)5)26(6)12-9-20(30)15-29(26)24(32-29)23(28)31/h7-8,17-24,30-31H,9-16H2,1-6H3. The number of allylic oxidation sites excluding steroid dienone is 2. The Kier molecular flexibility index (Phi) is 4.44. The average molecular weight is 443 g/mol. The molecule has 6 rings (SSSR count). The van der Waals surface area contributed by atoms with Gasteiger partial charge in [0.25, 0.3) is 0 Å². The van der Waals surface area contributed by atoms with Crippen molar-refractivity contribution in [3.63, 3.8) is 0 Å². The number of hydrogen-bond donors (Lipinski definition) is 2. The van der Waals surface area contributed by atoms with E-state index in [9.17, 15) is 10.2 Å². The lowest BCUT2D eigenvalue weighted by molar-refractivity contribution is -0.152. The Morgan fingerprint density at radius 1 is 0.906 bits per heavy atom. The predicted molar refractivity (Wildman–Crippen MR) is 127 cm³/mol. The monoisotopic (exact) mass is 442 g/mol. The first-order valence-corrected chi connectivity index (χ1v) is 13.7. The lowest BCUT2D eigenvalue weighted by Gasteiger charge is -2.60. The highest BCUT2D eigenvalue weighted by molar-refractivity contribution is 5.40. The van der Waals surface area contributed by atoms with E-state index in [1.54, 1.807) is 0 Å². The van der Waals surface area contributed by atoms with E-state index < -0.39 is 0 Å². The van der Waals surface area contributed by atoms with Crippen molar-refractivity contribution in [2.75, 3.05) is 0 Å². The van der Waals surface area contributed by atoms with Crippen molar-refractivity contribution in [1.29, 1.82) is 0 Å². The lowest BCUT2D eigenvalue weighted by Crippen LogP contribution is -2.63. The Bertz CT molecular complexity index is 836. The smallest absolute Gasteiger partial charge is 0.114 e. The molecule has 0 aromatic heterocycles. The number of aliphatic hydroxyl groups is 2. The van der Waals surface area contributed by atoms with Crippen molar-refractivity contribution >= 4 is 0 Å². The third-order valence-electron chi connectivity index (χ3n) is 13.0. The zero-order valence-electron chi connectivity index (χ0n) is 21.2. The van der Waals surface area contributed by atoms with Crippen molar-refractivity contribution in [3.05, 3.63) is 12.2 Å². The molecule has 3 nitrogen and oxygen atoms in total. The van der Waals surface area contributed by atoms with Crippen LogP contribution in [-0.2, 0) is 4.74 Å². The summed E-state index contributed by atoms with van der Waals surface area (Å²) in [6, 6.07) is 0. The van der Waals surface area contributed by atoms with E-state index in [-0.39, 0.29) is 34.7 Å². The Morgan fingerprint density at radius 2 is 1.62 bits per heavy atom. The van der Waals surface area contributed by atoms with Crippen LogP contribution in [0.15, 0.2) is 12.2 Å². The molecule has 3 spiro atoms. The summed E-state index contributed by atoms with van der Waals surface area (Å²) in [4.78, 5) is 0. The highest BCUT2D eigenvalue weighted by atomic mass is 16.6. The molecule has 12 atom stereocenters. The van der Waals surface area contributed by atoms with Gasteiger partial charge in [0, 0.05) is 17.3 Å². The van der Waals surface area contributed by atoms with Gasteiger partial charge in [-0.25, -0.2) is 0 Å². The van der Waals surface area contributed by atoms with Crippen LogP contribution in [0.1, 0.15) is 92.9 Å². The minimum atomic E-state index is -0.337. The summed E-state index contributed by atoms with van der Waals surface area (Å²) in [6.07, 6.45) is 13.4. The van der Waals surface area contributed by atoms with E-state index in [1.165, 1.54) is 32.1 Å². The fourth-order valence-electron chi connectivity index (χ4n) is 10.7. The van der Waals surface area contributed by atoms with E-state index in [0.717, 1.165) is 25.2 Å². The maximum Gasteiger partial charge on any atom is 0.114 e. The second kappa shape index (κ2) is 6.43. The maximum absolute atomic E-state index is 11.8. The molecule has 5 saturated carbocycles. The molecule has 0 radical (unpaired) electrons. The first-order valence-electron chi connectivity index (χ1n) is 13.7. The van der Waals surface area contributed by atoms with Gasteiger partial charge in [0.05, 0.1) is 12.2 Å². The number of rotatable bonds is 4. The van der Waals surface area contributed by atoms with Crippen LogP contribution in [0.3, 0.4) is 0 Å². The fraction of sp³-hybridized carbons (Fsp3) is 0.931. The first-order chi connectivity index (χ1) is 15.0. The Labute approximate surface area is 195 Å². The average Bonchev–Trinajstić information content (AvgIpc) is 3.60. The van der Waals surface area contributed by atoms with Crippen LogP contribution in [0.25, 0.3) is 0 Å². The van der Waals surface area contributed by atoms with E-state index in [0.29, 0.717) is 34.5 Å². The fourth-order valence-corrected chi connectivity index (χ4v) is 10.7. The van der Waals surface area contributed by atoms with Gasteiger partial charge in [-0.2, -0.15) is 0 Å². The normalized spacial score (nSPS) is 59.6. The van der Waals surface area contributed by atoms with E-state index in [4.69, 9.17) is 4.74 Å². The number of aliphatic hydroxyl groups excluding tert-OH is 2. The Morgan fingerprint density at radius 3 is 2.34 bits per heavy atom. The molecule has 6 fully saturated rings. The van der Waals surface area contributed by atoms with Crippen LogP contribution in [-0.4, -0.2) is 34.1 Å². The largest absolute Gasteiger partial charge is 0.393 e. The summed E-state index contributed by atoms with van der Waals surface area (Å²) in [7, 11) is 0. The summed E-state index contributed by atoms with van der Waals surface area (Å²) in [5, 5.41) is 22.3. The van der Waals surface area contributed by atoms with Crippen LogP contribution in [0, 0.1) is 51.2 Å². The third-order valence-corrected chi connectivity index (χ3v) is 13.0. The Hall–Kier alpha value is -0.380. The summed E-state index contributed by atoms with van der Waals surface area (Å²) in [5.41, 5.74) is 0.561. The highest BCUT2D eigenvalue weighted by Crippen LogP contribution is 2.92. The van der Waals surface area contributed by atoms with Crippen LogP contribution in [0.4, 0.5) is 0 Å². The molecule has 180 valence electrons. The molecule has 6 aliphatic rings. The molecule has 1 aliphatic heterocycles. The van der Waals surface area contributed by atoms with Gasteiger partial charge < -0.3 is 14.9 Å². The minimum absolute atomic E-state index is 0.0383. The van der Waals surface area contributed by atoms with Crippen LogP contribution >= 0.6 is 0 Å². The van der Waals surface area contributed by atoms with Gasteiger partial charge in [-0.15, -0.1) is 0 Å². The molecule has 1 heterocycles. The molecule has 0 bridgehead atoms. The molecule has 3 heteroatoms. The summed E-state index contributed by atoms with van der Waals surface area (Å²) >= 11 is 0. The second-order valence-electron chi connectivity index (χ2n) is 14.0. The quantitative estimate of drug-likeness (QED) is 0.431. The zero-order valence-corrected chi connectivity index (χ0v) is 21.2. The molecular weight excluding hydrogens is 396 g/mol. The molecule has 1 saturated heterocycles. The topological polar surface area (TPSA) is 53.0 Å². The van der Waals surface area contributed by atoms with Gasteiger partial charge >= 0.3 is 0 Å². The number of ether oxygens (including phenoxy) is 1. The summed E-state index contributed by atoms with van der Waals surface area (Å²) in [6.45, 7) is 14.5. The second-order valence-corrected chi connectivity index (χ2v) is 14.0. The molecule has 12 unspecified atom stereocenters. The van der Waals surface area contributed by atoms with Crippen molar-refractivity contribution in [2.45, 2.75) is 117 Å². The lowest BCUT2D eigenvalue weighted by atomic mass is 9.43. The zero-order chi connectivity index (χ0) is 22.9. The molecule has 2 N–H and O–H groups in total. The van der Waals surface area contributed by atoms with Gasteiger partial charge in [-0.3, -0.25) is 0 Å². The summed E-state index contributed by atoms with van der Waals surface area (Å²) < 4.78 is 6.46. The van der Waals surface area contributed by atoms with Crippen molar-refractivity contribution < 1.29 is 14.9 Å². The molecule has 32 heavy (non-hydrogen) atoms. The molecule has 0 amide bonds. The van der Waals surface area contributed by atoms with Crippen molar-refractivity contribution in [1.82, 2.24) is 0 Å². The Balaban J connectivity index is 1.32. The van der Waals surface area contributed by atoms with E-state index in [2.05, 4.69) is 53.7 Å². The van der Waals surface area contributed by atoms with Crippen LogP contribution < -0.4 is 0 Å². The van der Waals surface area contributed by atoms with E-state index >= 15 is 0 Å². The predicted octanol–water partition coefficient (Wildman–Crippen LogP) is 5.74. The van der Waals surface area contributed by atoms with Crippen LogP contribution in [0.2, 0.25) is 0 Å². The van der Waals surface area contributed by atoms with Gasteiger partial charge in [0.2, 0.25) is 0 Å². The number of hydrogen-bond acceptors (Lipinski definition) is 3. The molecular formula is C29H46O3. The molecule has 0 aromatic rings. The van der Waals surface area contributed by atoms with Crippen LogP contribution in [0.5, 0.6) is 0 Å². The third kappa shape index (κ3) is 2.26. The molecule has 5 aliphatic carbocycles. The highest BCUT2D eigenvalue weighted by Gasteiger charge is 2.92. The van der Waals surface area contributed by atoms with Gasteiger partial charge in [-0.05, 0) is 85.4 Å². The molecule has 0 aromatic carbocycles. The van der Waals surface area contributed by atoms with Gasteiger partial charge in [0.15, 0.2) is 0 Å². The van der Waals surface area contributed by atoms with Crippen molar-refractivity contribution in [2.24, 2.45) is 51.2 Å². The number of fused-ring (bicyclic) bond motifs is 1. The van der Waals surface area contributed by atoms with Gasteiger partial charge in [0.1, 0.15) is 11.7 Å². The van der Waals surface area contributed by atoms with Gasteiger partial charge in [-0.1, -0.05) is 53.7 Å².